The lowest BCUT2D eigenvalue weighted by Gasteiger charge is -2.22. The van der Waals surface area contributed by atoms with Crippen molar-refractivity contribution in [3.05, 3.63) is 75.8 Å². The summed E-state index contributed by atoms with van der Waals surface area (Å²) < 4.78 is 5.29. The van der Waals surface area contributed by atoms with Crippen molar-refractivity contribution in [3.63, 3.8) is 0 Å². The van der Waals surface area contributed by atoms with E-state index < -0.39 is 23.0 Å². The quantitative estimate of drug-likeness (QED) is 0.464. The van der Waals surface area contributed by atoms with Gasteiger partial charge >= 0.3 is 5.97 Å². The average Bonchev–Trinajstić information content (AvgIpc) is 3.00. The van der Waals surface area contributed by atoms with E-state index >= 15 is 0 Å². The summed E-state index contributed by atoms with van der Waals surface area (Å²) in [6, 6.07) is 15.3. The molecular weight excluding hydrogens is 336 g/mol. The number of nitro groups is 1. The van der Waals surface area contributed by atoms with E-state index in [-0.39, 0.29) is 18.3 Å². The summed E-state index contributed by atoms with van der Waals surface area (Å²) in [4.78, 5) is 29.1. The molecule has 0 saturated carbocycles. The maximum Gasteiger partial charge on any atom is 0.314 e. The largest absolute Gasteiger partial charge is 0.466 e. The van der Waals surface area contributed by atoms with E-state index in [2.05, 4.69) is 0 Å². The number of rotatable bonds is 5. The first-order valence-corrected chi connectivity index (χ1v) is 8.38. The average molecular weight is 356 g/mol. The number of ether oxygens (including phenoxy) is 1. The third kappa shape index (κ3) is 3.44. The van der Waals surface area contributed by atoms with Crippen molar-refractivity contribution < 1.29 is 19.3 Å². The minimum Gasteiger partial charge on any atom is -0.466 e. The highest BCUT2D eigenvalue weighted by Gasteiger charge is 2.48. The molecule has 0 spiro atoms. The predicted molar refractivity (Wildman–Crippen MR) is 94.0 cm³/mol. The van der Waals surface area contributed by atoms with Crippen LogP contribution in [0, 0.1) is 16.0 Å². The Balaban J connectivity index is 1.98. The number of hydrogen-bond acceptors (Lipinski definition) is 6. The second kappa shape index (κ2) is 7.63. The van der Waals surface area contributed by atoms with Crippen LogP contribution >= 0.6 is 0 Å². The van der Waals surface area contributed by atoms with Crippen LogP contribution in [0.4, 0.5) is 5.69 Å². The molecule has 1 fully saturated rings. The number of non-ortho nitro benzene ring substituents is 1. The molecule has 1 heterocycles. The van der Waals surface area contributed by atoms with Crippen molar-refractivity contribution in [2.45, 2.75) is 19.1 Å². The summed E-state index contributed by atoms with van der Waals surface area (Å²) in [6.45, 7) is 2.03. The number of carbonyl (C=O) groups excluding carboxylic acids is 1. The van der Waals surface area contributed by atoms with Gasteiger partial charge in [-0.2, -0.15) is 5.06 Å². The Kier molecular flexibility index (Phi) is 5.29. The van der Waals surface area contributed by atoms with Crippen LogP contribution in [0.5, 0.6) is 0 Å². The summed E-state index contributed by atoms with van der Waals surface area (Å²) in [5.41, 5.74) is 1.64. The predicted octanol–water partition coefficient (Wildman–Crippen LogP) is 3.43. The van der Waals surface area contributed by atoms with Crippen LogP contribution in [-0.2, 0) is 14.4 Å². The molecule has 1 aliphatic rings. The summed E-state index contributed by atoms with van der Waals surface area (Å²) in [5, 5.41) is 12.5. The number of hydrogen-bond donors (Lipinski definition) is 0. The molecule has 7 nitrogen and oxygen atoms in total. The molecule has 3 atom stereocenters. The number of carbonyl (C=O) groups is 1. The lowest BCUT2D eigenvalue weighted by molar-refractivity contribution is -0.384. The van der Waals surface area contributed by atoms with Crippen molar-refractivity contribution in [3.8, 4) is 0 Å². The summed E-state index contributed by atoms with van der Waals surface area (Å²) in [5.74, 6) is -0.933. The van der Waals surface area contributed by atoms with Crippen LogP contribution < -0.4 is 0 Å². The van der Waals surface area contributed by atoms with Crippen molar-refractivity contribution in [2.24, 2.45) is 5.92 Å². The molecule has 0 unspecified atom stereocenters. The minimum atomic E-state index is -0.580. The molecule has 136 valence electrons. The lowest BCUT2D eigenvalue weighted by atomic mass is 9.86. The number of nitro benzene ring substituents is 1. The van der Waals surface area contributed by atoms with Crippen LogP contribution in [0.1, 0.15) is 30.2 Å². The topological polar surface area (TPSA) is 81.9 Å². The second-order valence-corrected chi connectivity index (χ2v) is 6.05. The van der Waals surface area contributed by atoms with Gasteiger partial charge < -0.3 is 4.74 Å². The fourth-order valence-electron chi connectivity index (χ4n) is 3.31. The zero-order valence-corrected chi connectivity index (χ0v) is 14.6. The van der Waals surface area contributed by atoms with Gasteiger partial charge in [0, 0.05) is 19.2 Å². The Morgan fingerprint density at radius 3 is 2.38 bits per heavy atom. The zero-order valence-electron chi connectivity index (χ0n) is 14.6. The van der Waals surface area contributed by atoms with Crippen LogP contribution in [0.3, 0.4) is 0 Å². The standard InChI is InChI=1S/C19H20N2O5/c1-3-25-19(22)16-17(13-9-11-15(12-10-13)21(23)24)20(2)26-18(16)14-7-5-4-6-8-14/h4-12,16-18H,3H2,1-2H3/t16-,17-,18+/m0/s1. The van der Waals surface area contributed by atoms with Gasteiger partial charge in [0.1, 0.15) is 12.0 Å². The SMILES string of the molecule is CCOC(=O)[C@@H]1[C@@H](c2ccccc2)ON(C)[C@H]1c1ccc([N+](=O)[O-])cc1. The minimum absolute atomic E-state index is 0.00242. The molecule has 0 radical (unpaired) electrons. The van der Waals surface area contributed by atoms with E-state index in [1.54, 1.807) is 31.2 Å². The lowest BCUT2D eigenvalue weighted by Crippen LogP contribution is -2.28. The third-order valence-corrected chi connectivity index (χ3v) is 4.47. The van der Waals surface area contributed by atoms with Crippen LogP contribution in [-0.4, -0.2) is 29.6 Å². The first-order chi connectivity index (χ1) is 12.5. The number of nitrogens with zero attached hydrogens (tertiary/aromatic N) is 2. The summed E-state index contributed by atoms with van der Waals surface area (Å²) >= 11 is 0. The van der Waals surface area contributed by atoms with E-state index in [9.17, 15) is 14.9 Å². The van der Waals surface area contributed by atoms with Crippen molar-refractivity contribution in [2.75, 3.05) is 13.7 Å². The Bertz CT molecular complexity index is 778. The summed E-state index contributed by atoms with van der Waals surface area (Å²) in [7, 11) is 1.75. The van der Waals surface area contributed by atoms with Crippen LogP contribution in [0.2, 0.25) is 0 Å². The molecule has 0 N–H and O–H groups in total. The van der Waals surface area contributed by atoms with Gasteiger partial charge in [0.05, 0.1) is 17.6 Å². The van der Waals surface area contributed by atoms with Gasteiger partial charge in [-0.25, -0.2) is 0 Å². The molecule has 26 heavy (non-hydrogen) atoms. The van der Waals surface area contributed by atoms with E-state index in [0.29, 0.717) is 0 Å². The van der Waals surface area contributed by atoms with Crippen molar-refractivity contribution in [1.29, 1.82) is 0 Å². The van der Waals surface area contributed by atoms with E-state index in [1.165, 1.54) is 12.1 Å². The highest BCUT2D eigenvalue weighted by atomic mass is 16.7. The normalized spacial score (nSPS) is 22.9. The summed E-state index contributed by atoms with van der Waals surface area (Å²) in [6.07, 6.45) is -0.486. The molecule has 0 aromatic heterocycles. The van der Waals surface area contributed by atoms with Gasteiger partial charge in [-0.3, -0.25) is 19.7 Å². The molecule has 3 rings (SSSR count). The Morgan fingerprint density at radius 2 is 1.81 bits per heavy atom. The van der Waals surface area contributed by atoms with Gasteiger partial charge in [0.15, 0.2) is 0 Å². The molecule has 2 aromatic rings. The molecule has 0 aliphatic carbocycles. The molecule has 1 saturated heterocycles. The number of benzene rings is 2. The highest BCUT2D eigenvalue weighted by Crippen LogP contribution is 2.46. The smallest absolute Gasteiger partial charge is 0.314 e. The molecule has 0 bridgehead atoms. The van der Waals surface area contributed by atoms with Gasteiger partial charge in [0.25, 0.3) is 5.69 Å². The van der Waals surface area contributed by atoms with Gasteiger partial charge in [-0.15, -0.1) is 0 Å². The Morgan fingerprint density at radius 1 is 1.15 bits per heavy atom. The molecule has 1 aliphatic heterocycles. The van der Waals surface area contributed by atoms with Gasteiger partial charge in [-0.05, 0) is 18.1 Å². The van der Waals surface area contributed by atoms with E-state index in [1.807, 2.05) is 30.3 Å². The van der Waals surface area contributed by atoms with Crippen LogP contribution in [0.25, 0.3) is 0 Å². The van der Waals surface area contributed by atoms with Gasteiger partial charge in [-0.1, -0.05) is 42.5 Å². The van der Waals surface area contributed by atoms with Crippen molar-refractivity contribution >= 4 is 11.7 Å². The Labute approximate surface area is 151 Å². The molecule has 0 amide bonds. The third-order valence-electron chi connectivity index (χ3n) is 4.47. The highest BCUT2D eigenvalue weighted by molar-refractivity contribution is 5.75. The first-order valence-electron chi connectivity index (χ1n) is 8.38. The van der Waals surface area contributed by atoms with E-state index in [4.69, 9.17) is 9.57 Å². The molecular formula is C19H20N2O5. The number of esters is 1. The fraction of sp³-hybridized carbons (Fsp3) is 0.316. The monoisotopic (exact) mass is 356 g/mol. The molecule has 7 heteroatoms. The number of hydroxylamine groups is 2. The van der Waals surface area contributed by atoms with Gasteiger partial charge in [0.2, 0.25) is 0 Å². The van der Waals surface area contributed by atoms with Crippen LogP contribution in [0.15, 0.2) is 54.6 Å². The van der Waals surface area contributed by atoms with E-state index in [0.717, 1.165) is 11.1 Å². The fourth-order valence-corrected chi connectivity index (χ4v) is 3.31. The molecule has 2 aromatic carbocycles. The maximum absolute atomic E-state index is 12.7. The Hall–Kier alpha value is -2.77. The van der Waals surface area contributed by atoms with Crippen molar-refractivity contribution in [1.82, 2.24) is 5.06 Å². The second-order valence-electron chi connectivity index (χ2n) is 6.05. The zero-order chi connectivity index (χ0) is 18.7. The first kappa shape index (κ1) is 18.0. The maximum atomic E-state index is 12.7.